The van der Waals surface area contributed by atoms with Gasteiger partial charge in [0.2, 0.25) is 0 Å². The van der Waals surface area contributed by atoms with Crippen molar-refractivity contribution in [2.75, 3.05) is 19.9 Å². The van der Waals surface area contributed by atoms with Crippen LogP contribution in [0, 0.1) is 23.0 Å². The first-order chi connectivity index (χ1) is 22.8. The molecule has 0 saturated heterocycles. The number of ether oxygens (including phenoxy) is 2. The van der Waals surface area contributed by atoms with Gasteiger partial charge >= 0.3 is 5.97 Å². The van der Waals surface area contributed by atoms with Crippen LogP contribution in [0.1, 0.15) is 58.7 Å². The van der Waals surface area contributed by atoms with Crippen LogP contribution in [0.25, 0.3) is 11.3 Å². The average molecular weight is 657 g/mol. The average Bonchev–Trinajstić information content (AvgIpc) is 3.79. The lowest BCUT2D eigenvalue weighted by Gasteiger charge is -2.38. The molecule has 0 N–H and O–H groups in total. The van der Waals surface area contributed by atoms with Gasteiger partial charge in [0.1, 0.15) is 29.9 Å². The molecule has 2 atom stereocenters. The maximum absolute atomic E-state index is 15.7. The number of aromatic nitrogens is 4. The van der Waals surface area contributed by atoms with Gasteiger partial charge in [0.15, 0.2) is 6.79 Å². The van der Waals surface area contributed by atoms with Gasteiger partial charge in [-0.2, -0.15) is 10.4 Å². The third-order valence-corrected chi connectivity index (χ3v) is 9.15. The number of nitriles is 1. The molecule has 0 spiro atoms. The van der Waals surface area contributed by atoms with Gasteiger partial charge in [-0.25, -0.2) is 28.2 Å². The molecule has 0 aliphatic rings. The summed E-state index contributed by atoms with van der Waals surface area (Å²) in [5.41, 5.74) is 1.76. The van der Waals surface area contributed by atoms with Crippen molar-refractivity contribution in [2.45, 2.75) is 45.4 Å². The van der Waals surface area contributed by atoms with E-state index < -0.39 is 35.9 Å². The number of nitrogens with zero attached hydrogens (tertiary/aromatic N) is 6. The minimum Gasteiger partial charge on any atom is -0.435 e. The standard InChI is InChI=1S/C35H34F2N6O3S/c1-4-42(5-2)18-26-7-6-8-28(15-26)34(44)45-23-46-35(20-43-22-39-21-40-43,30-14-13-29(36)16-31(30)37)24(3)33-41-32(19-47-33)27-11-9-25(17-38)10-12-27/h6-16,19,21-22,24H,4-5,18,20,23H2,1-3H3. The molecule has 2 aromatic heterocycles. The highest BCUT2D eigenvalue weighted by Gasteiger charge is 2.45. The second-order valence-electron chi connectivity index (χ2n) is 10.9. The van der Waals surface area contributed by atoms with Crippen LogP contribution in [-0.2, 0) is 28.2 Å². The van der Waals surface area contributed by atoms with Crippen molar-refractivity contribution in [1.29, 1.82) is 5.26 Å². The molecule has 0 radical (unpaired) electrons. The van der Waals surface area contributed by atoms with E-state index in [1.54, 1.807) is 42.5 Å². The Bertz CT molecular complexity index is 1840. The van der Waals surface area contributed by atoms with Crippen LogP contribution in [0.2, 0.25) is 0 Å². The lowest BCUT2D eigenvalue weighted by molar-refractivity contribution is -0.148. The van der Waals surface area contributed by atoms with E-state index in [0.29, 0.717) is 28.4 Å². The number of esters is 1. The number of halogens is 2. The number of carbonyl (C=O) groups is 1. The maximum atomic E-state index is 15.7. The molecular formula is C35H34F2N6O3S. The summed E-state index contributed by atoms with van der Waals surface area (Å²) >= 11 is 1.34. The first kappa shape index (κ1) is 33.5. The Morgan fingerprint density at radius 2 is 1.89 bits per heavy atom. The number of benzene rings is 3. The minimum absolute atomic E-state index is 0.0364. The summed E-state index contributed by atoms with van der Waals surface area (Å²) in [6, 6.07) is 19.6. The molecule has 9 nitrogen and oxygen atoms in total. The van der Waals surface area contributed by atoms with Gasteiger partial charge in [0.25, 0.3) is 0 Å². The zero-order valence-corrected chi connectivity index (χ0v) is 27.1. The van der Waals surface area contributed by atoms with E-state index in [-0.39, 0.29) is 12.1 Å². The molecule has 0 aliphatic carbocycles. The van der Waals surface area contributed by atoms with E-state index in [4.69, 9.17) is 14.5 Å². The van der Waals surface area contributed by atoms with Gasteiger partial charge in [-0.3, -0.25) is 4.90 Å². The van der Waals surface area contributed by atoms with Gasteiger partial charge in [0, 0.05) is 35.0 Å². The fourth-order valence-corrected chi connectivity index (χ4v) is 6.37. The van der Waals surface area contributed by atoms with Crippen molar-refractivity contribution in [3.63, 3.8) is 0 Å². The molecule has 0 aliphatic heterocycles. The normalized spacial score (nSPS) is 13.2. The number of rotatable bonds is 14. The first-order valence-corrected chi connectivity index (χ1v) is 16.0. The Morgan fingerprint density at radius 1 is 1.11 bits per heavy atom. The smallest absolute Gasteiger partial charge is 0.340 e. The van der Waals surface area contributed by atoms with Gasteiger partial charge in [0.05, 0.1) is 34.4 Å². The molecular weight excluding hydrogens is 622 g/mol. The van der Waals surface area contributed by atoms with Crippen LogP contribution in [0.4, 0.5) is 8.78 Å². The van der Waals surface area contributed by atoms with Gasteiger partial charge < -0.3 is 9.47 Å². The minimum atomic E-state index is -1.57. The summed E-state index contributed by atoms with van der Waals surface area (Å²) in [7, 11) is 0. The first-order valence-electron chi connectivity index (χ1n) is 15.1. The molecule has 12 heteroatoms. The van der Waals surface area contributed by atoms with Crippen molar-refractivity contribution in [3.05, 3.63) is 124 Å². The third-order valence-electron chi connectivity index (χ3n) is 8.12. The monoisotopic (exact) mass is 656 g/mol. The Labute approximate surface area is 276 Å². The summed E-state index contributed by atoms with van der Waals surface area (Å²) in [6.07, 6.45) is 2.80. The van der Waals surface area contributed by atoms with E-state index in [1.165, 1.54) is 34.7 Å². The van der Waals surface area contributed by atoms with Crippen molar-refractivity contribution in [1.82, 2.24) is 24.6 Å². The summed E-state index contributed by atoms with van der Waals surface area (Å²) in [5, 5.41) is 15.9. The number of hydrogen-bond acceptors (Lipinski definition) is 9. The Hall–Kier alpha value is -4.83. The lowest BCUT2D eigenvalue weighted by atomic mass is 9.81. The molecule has 47 heavy (non-hydrogen) atoms. The highest BCUT2D eigenvalue weighted by Crippen LogP contribution is 2.44. The van der Waals surface area contributed by atoms with E-state index in [2.05, 4.69) is 34.9 Å². The van der Waals surface area contributed by atoms with E-state index in [0.717, 1.165) is 36.3 Å². The van der Waals surface area contributed by atoms with Crippen molar-refractivity contribution >= 4 is 17.3 Å². The molecule has 2 unspecified atom stereocenters. The second kappa shape index (κ2) is 15.2. The van der Waals surface area contributed by atoms with E-state index in [1.807, 2.05) is 18.4 Å². The molecule has 0 amide bonds. The summed E-state index contributed by atoms with van der Waals surface area (Å²) < 4.78 is 43.4. The largest absolute Gasteiger partial charge is 0.435 e. The molecule has 3 aromatic carbocycles. The Balaban J connectivity index is 1.48. The zero-order chi connectivity index (χ0) is 33.4. The van der Waals surface area contributed by atoms with Crippen LogP contribution in [0.15, 0.2) is 84.8 Å². The summed E-state index contributed by atoms with van der Waals surface area (Å²) in [4.78, 5) is 24.3. The van der Waals surface area contributed by atoms with Crippen LogP contribution >= 0.6 is 11.3 Å². The topological polar surface area (TPSA) is 106 Å². The number of carbonyl (C=O) groups excluding carboxylic acids is 1. The quantitative estimate of drug-likeness (QED) is 0.0937. The zero-order valence-electron chi connectivity index (χ0n) is 26.3. The van der Waals surface area contributed by atoms with Crippen molar-refractivity contribution in [2.24, 2.45) is 0 Å². The maximum Gasteiger partial charge on any atom is 0.340 e. The number of hydrogen-bond donors (Lipinski definition) is 0. The third kappa shape index (κ3) is 7.77. The van der Waals surface area contributed by atoms with E-state index >= 15 is 4.39 Å². The summed E-state index contributed by atoms with van der Waals surface area (Å²) in [6.45, 7) is 7.81. The molecule has 242 valence electrons. The number of thiazole rings is 1. The van der Waals surface area contributed by atoms with Crippen LogP contribution in [0.5, 0.6) is 0 Å². The lowest BCUT2D eigenvalue weighted by Crippen LogP contribution is -2.42. The molecule has 5 rings (SSSR count). The molecule has 0 fully saturated rings. The molecule has 0 bridgehead atoms. The highest BCUT2D eigenvalue weighted by atomic mass is 32.1. The fourth-order valence-electron chi connectivity index (χ4n) is 5.40. The predicted molar refractivity (Wildman–Crippen MR) is 173 cm³/mol. The van der Waals surface area contributed by atoms with E-state index in [9.17, 15) is 14.4 Å². The van der Waals surface area contributed by atoms with Crippen molar-refractivity contribution < 1.29 is 23.0 Å². The molecule has 5 aromatic rings. The fraction of sp³-hybridized carbons (Fsp3) is 0.286. The van der Waals surface area contributed by atoms with Gasteiger partial charge in [-0.05, 0) is 49.0 Å². The van der Waals surface area contributed by atoms with Crippen LogP contribution in [-0.4, -0.2) is 50.5 Å². The predicted octanol–water partition coefficient (Wildman–Crippen LogP) is 6.92. The van der Waals surface area contributed by atoms with Gasteiger partial charge in [-0.1, -0.05) is 51.1 Å². The van der Waals surface area contributed by atoms with Crippen LogP contribution in [0.3, 0.4) is 0 Å². The molecule has 2 heterocycles. The Kier molecular flexibility index (Phi) is 10.8. The van der Waals surface area contributed by atoms with Crippen LogP contribution < -0.4 is 0 Å². The van der Waals surface area contributed by atoms with Crippen molar-refractivity contribution in [3.8, 4) is 17.3 Å². The highest BCUT2D eigenvalue weighted by molar-refractivity contribution is 7.10. The second-order valence-corrected chi connectivity index (χ2v) is 11.8. The Morgan fingerprint density at radius 3 is 2.57 bits per heavy atom. The SMILES string of the molecule is CCN(CC)Cc1cccc(C(=O)OCOC(Cn2cncn2)(c2ccc(F)cc2F)C(C)c2nc(-c3ccc(C#N)cc3)cs2)c1. The molecule has 0 saturated carbocycles. The summed E-state index contributed by atoms with van der Waals surface area (Å²) in [5.74, 6) is -2.84. The van der Waals surface area contributed by atoms with Gasteiger partial charge in [-0.15, -0.1) is 11.3 Å².